The number of rotatable bonds is 3. The van der Waals surface area contributed by atoms with Gasteiger partial charge in [0.05, 0.1) is 18.4 Å². The molecule has 0 radical (unpaired) electrons. The third-order valence-electron chi connectivity index (χ3n) is 1.70. The second kappa shape index (κ2) is 4.65. The lowest BCUT2D eigenvalue weighted by molar-refractivity contribution is 0.145. The van der Waals surface area contributed by atoms with Crippen molar-refractivity contribution >= 4 is 15.9 Å². The van der Waals surface area contributed by atoms with Crippen molar-refractivity contribution < 1.29 is 13.5 Å². The predicted octanol–water partition coefficient (Wildman–Crippen LogP) is 2.25. The summed E-state index contributed by atoms with van der Waals surface area (Å²) in [6.45, 7) is -0.0462. The van der Waals surface area contributed by atoms with E-state index in [1.807, 2.05) is 0 Å². The van der Waals surface area contributed by atoms with Crippen LogP contribution in [0.4, 0.5) is 8.78 Å². The van der Waals surface area contributed by atoms with Crippen LogP contribution in [0.5, 0.6) is 5.75 Å². The standard InChI is InChI=1S/C8H9BrF2N2O/c1-14-5-2-6(9)13-4(3-12)7(5)8(10)11/h2,8H,3,12H2,1H3. The van der Waals surface area contributed by atoms with Gasteiger partial charge in [0, 0.05) is 12.6 Å². The lowest BCUT2D eigenvalue weighted by atomic mass is 10.2. The first-order valence-corrected chi connectivity index (χ1v) is 4.61. The van der Waals surface area contributed by atoms with Crippen molar-refractivity contribution in [3.8, 4) is 5.75 Å². The molecule has 6 heteroatoms. The summed E-state index contributed by atoms with van der Waals surface area (Å²) >= 11 is 3.09. The second-order valence-corrected chi connectivity index (χ2v) is 3.32. The fourth-order valence-electron chi connectivity index (χ4n) is 1.11. The van der Waals surface area contributed by atoms with Gasteiger partial charge in [0.15, 0.2) is 0 Å². The highest BCUT2D eigenvalue weighted by Crippen LogP contribution is 2.32. The lowest BCUT2D eigenvalue weighted by Crippen LogP contribution is -2.07. The van der Waals surface area contributed by atoms with Crippen molar-refractivity contribution in [3.63, 3.8) is 0 Å². The van der Waals surface area contributed by atoms with Gasteiger partial charge in [-0.25, -0.2) is 13.8 Å². The van der Waals surface area contributed by atoms with Gasteiger partial charge >= 0.3 is 0 Å². The molecule has 0 aromatic carbocycles. The number of alkyl halides is 2. The molecule has 0 saturated heterocycles. The molecule has 0 spiro atoms. The summed E-state index contributed by atoms with van der Waals surface area (Å²) in [7, 11) is 1.33. The summed E-state index contributed by atoms with van der Waals surface area (Å²) in [5.41, 5.74) is 5.22. The van der Waals surface area contributed by atoms with Crippen LogP contribution in [0.1, 0.15) is 17.7 Å². The first kappa shape index (κ1) is 11.3. The molecule has 1 rings (SSSR count). The van der Waals surface area contributed by atoms with Crippen molar-refractivity contribution in [3.05, 3.63) is 21.9 Å². The van der Waals surface area contributed by atoms with Crippen LogP contribution in [0.25, 0.3) is 0 Å². The van der Waals surface area contributed by atoms with Crippen LogP contribution < -0.4 is 10.5 Å². The van der Waals surface area contributed by atoms with Gasteiger partial charge in [-0.15, -0.1) is 0 Å². The number of pyridine rings is 1. The molecule has 0 unspecified atom stereocenters. The number of hydrogen-bond acceptors (Lipinski definition) is 3. The van der Waals surface area contributed by atoms with E-state index >= 15 is 0 Å². The normalized spacial score (nSPS) is 10.7. The number of aromatic nitrogens is 1. The van der Waals surface area contributed by atoms with Gasteiger partial charge < -0.3 is 10.5 Å². The summed E-state index contributed by atoms with van der Waals surface area (Å²) in [6, 6.07) is 1.39. The molecule has 1 aromatic heterocycles. The number of methoxy groups -OCH3 is 1. The zero-order chi connectivity index (χ0) is 10.7. The molecule has 0 aliphatic carbocycles. The highest BCUT2D eigenvalue weighted by Gasteiger charge is 2.20. The summed E-state index contributed by atoms with van der Waals surface area (Å²) in [4.78, 5) is 3.85. The Bertz CT molecular complexity index is 308. The SMILES string of the molecule is COc1cc(Br)nc(CN)c1C(F)F. The average molecular weight is 267 g/mol. The maximum Gasteiger partial charge on any atom is 0.269 e. The van der Waals surface area contributed by atoms with Crippen LogP contribution in [0.15, 0.2) is 10.7 Å². The Morgan fingerprint density at radius 3 is 2.71 bits per heavy atom. The molecular formula is C8H9BrF2N2O. The van der Waals surface area contributed by atoms with Crippen LogP contribution >= 0.6 is 15.9 Å². The highest BCUT2D eigenvalue weighted by molar-refractivity contribution is 9.10. The Hall–Kier alpha value is -0.750. The summed E-state index contributed by atoms with van der Waals surface area (Å²) in [5, 5.41) is 0. The number of nitrogens with two attached hydrogens (primary N) is 1. The third kappa shape index (κ3) is 2.19. The minimum atomic E-state index is -2.64. The Balaban J connectivity index is 3.33. The Morgan fingerprint density at radius 1 is 1.64 bits per heavy atom. The summed E-state index contributed by atoms with van der Waals surface area (Å²) in [6.07, 6.45) is -2.64. The van der Waals surface area contributed by atoms with Crippen LogP contribution in [-0.4, -0.2) is 12.1 Å². The van der Waals surface area contributed by atoms with E-state index in [1.54, 1.807) is 0 Å². The monoisotopic (exact) mass is 266 g/mol. The quantitative estimate of drug-likeness (QED) is 0.854. The lowest BCUT2D eigenvalue weighted by Gasteiger charge is -2.11. The smallest absolute Gasteiger partial charge is 0.269 e. The first-order chi connectivity index (χ1) is 6.60. The zero-order valence-electron chi connectivity index (χ0n) is 7.43. The van der Waals surface area contributed by atoms with Crippen molar-refractivity contribution in [1.82, 2.24) is 4.98 Å². The van der Waals surface area contributed by atoms with Gasteiger partial charge in [0.1, 0.15) is 10.4 Å². The van der Waals surface area contributed by atoms with E-state index in [1.165, 1.54) is 13.2 Å². The second-order valence-electron chi connectivity index (χ2n) is 2.51. The van der Waals surface area contributed by atoms with Gasteiger partial charge in [-0.1, -0.05) is 0 Å². The topological polar surface area (TPSA) is 48.1 Å². The van der Waals surface area contributed by atoms with Crippen LogP contribution in [0, 0.1) is 0 Å². The number of hydrogen-bond donors (Lipinski definition) is 1. The molecule has 2 N–H and O–H groups in total. The molecule has 0 aliphatic heterocycles. The molecule has 78 valence electrons. The van der Waals surface area contributed by atoms with Gasteiger partial charge in [-0.05, 0) is 15.9 Å². The Labute approximate surface area is 88.4 Å². The van der Waals surface area contributed by atoms with Crippen molar-refractivity contribution in [2.75, 3.05) is 7.11 Å². The van der Waals surface area contributed by atoms with Crippen LogP contribution in [-0.2, 0) is 6.54 Å². The number of nitrogens with zero attached hydrogens (tertiary/aromatic N) is 1. The highest BCUT2D eigenvalue weighted by atomic mass is 79.9. The molecule has 3 nitrogen and oxygen atoms in total. The molecule has 0 aliphatic rings. The minimum absolute atomic E-state index is 0.0462. The summed E-state index contributed by atoms with van der Waals surface area (Å²) < 4.78 is 30.5. The number of halogens is 3. The predicted molar refractivity (Wildman–Crippen MR) is 51.3 cm³/mol. The maximum absolute atomic E-state index is 12.6. The van der Waals surface area contributed by atoms with Crippen molar-refractivity contribution in [2.24, 2.45) is 5.73 Å². The third-order valence-corrected chi connectivity index (χ3v) is 2.11. The molecule has 1 heterocycles. The van der Waals surface area contributed by atoms with Crippen molar-refractivity contribution in [1.29, 1.82) is 0 Å². The molecule has 0 bridgehead atoms. The van der Waals surface area contributed by atoms with E-state index in [4.69, 9.17) is 10.5 Å². The van der Waals surface area contributed by atoms with E-state index in [2.05, 4.69) is 20.9 Å². The molecule has 0 saturated carbocycles. The van der Waals surface area contributed by atoms with Gasteiger partial charge in [-0.2, -0.15) is 0 Å². The van der Waals surface area contributed by atoms with Crippen molar-refractivity contribution in [2.45, 2.75) is 13.0 Å². The van der Waals surface area contributed by atoms with Crippen LogP contribution in [0.3, 0.4) is 0 Å². The largest absolute Gasteiger partial charge is 0.496 e. The molecule has 14 heavy (non-hydrogen) atoms. The van der Waals surface area contributed by atoms with Crippen LogP contribution in [0.2, 0.25) is 0 Å². The average Bonchev–Trinajstić information content (AvgIpc) is 2.15. The first-order valence-electron chi connectivity index (χ1n) is 3.81. The van der Waals surface area contributed by atoms with E-state index in [9.17, 15) is 8.78 Å². The maximum atomic E-state index is 12.6. The van der Waals surface area contributed by atoms with Gasteiger partial charge in [-0.3, -0.25) is 0 Å². The molecule has 0 atom stereocenters. The van der Waals surface area contributed by atoms with E-state index in [0.717, 1.165) is 0 Å². The minimum Gasteiger partial charge on any atom is -0.496 e. The molecule has 0 amide bonds. The van der Waals surface area contributed by atoms with E-state index in [0.29, 0.717) is 4.60 Å². The van der Waals surface area contributed by atoms with Gasteiger partial charge in [0.25, 0.3) is 6.43 Å². The number of ether oxygens (including phenoxy) is 1. The summed E-state index contributed by atoms with van der Waals surface area (Å²) in [5.74, 6) is 0.0994. The van der Waals surface area contributed by atoms with Gasteiger partial charge in [0.2, 0.25) is 0 Å². The fraction of sp³-hybridized carbons (Fsp3) is 0.375. The fourth-order valence-corrected chi connectivity index (χ4v) is 1.53. The molecule has 0 fully saturated rings. The Morgan fingerprint density at radius 2 is 2.29 bits per heavy atom. The Kier molecular flexibility index (Phi) is 3.77. The molecule has 1 aromatic rings. The zero-order valence-corrected chi connectivity index (χ0v) is 9.01. The molecular weight excluding hydrogens is 258 g/mol. The van der Waals surface area contributed by atoms with E-state index < -0.39 is 6.43 Å². The van der Waals surface area contributed by atoms with E-state index in [-0.39, 0.29) is 23.6 Å².